The van der Waals surface area contributed by atoms with Crippen molar-refractivity contribution in [2.75, 3.05) is 11.6 Å². The summed E-state index contributed by atoms with van der Waals surface area (Å²) in [4.78, 5) is 23.6. The van der Waals surface area contributed by atoms with Gasteiger partial charge in [0.2, 0.25) is 5.91 Å². The first-order valence-corrected chi connectivity index (χ1v) is 10.5. The number of ether oxygens (including phenoxy) is 1. The van der Waals surface area contributed by atoms with E-state index in [9.17, 15) is 9.59 Å². The van der Waals surface area contributed by atoms with Crippen LogP contribution in [0.4, 0.5) is 11.4 Å². The number of hydrogen-bond acceptors (Lipinski definition) is 4. The average molecular weight is 428 g/mol. The number of nitrogens with one attached hydrogen (secondary N) is 1. The molecule has 0 saturated heterocycles. The van der Waals surface area contributed by atoms with E-state index in [1.54, 1.807) is 11.1 Å². The van der Waals surface area contributed by atoms with Crippen LogP contribution >= 0.6 is 0 Å². The smallest absolute Gasteiger partial charge is 0.341 e. The summed E-state index contributed by atoms with van der Waals surface area (Å²) in [5, 5.41) is 10.7. The number of benzene rings is 3. The van der Waals surface area contributed by atoms with Gasteiger partial charge >= 0.3 is 5.97 Å². The van der Waals surface area contributed by atoms with Gasteiger partial charge in [0, 0.05) is 12.0 Å². The fourth-order valence-electron chi connectivity index (χ4n) is 3.82. The molecule has 6 heteroatoms. The van der Waals surface area contributed by atoms with E-state index in [-0.39, 0.29) is 18.9 Å². The lowest BCUT2D eigenvalue weighted by Crippen LogP contribution is -2.38. The number of aliphatic carboxylic acids is 1. The second kappa shape index (κ2) is 9.83. The monoisotopic (exact) mass is 428 g/mol. The van der Waals surface area contributed by atoms with Crippen LogP contribution in [0, 0.1) is 0 Å². The number of carboxylic acid groups (broad SMARTS) is 1. The van der Waals surface area contributed by atoms with Crippen LogP contribution in [0.3, 0.4) is 0 Å². The number of hydrogen-bond donors (Lipinski definition) is 2. The third-order valence-corrected chi connectivity index (χ3v) is 5.27. The molecule has 3 aromatic rings. The third kappa shape index (κ3) is 4.98. The Hall–Kier alpha value is -4.06. The van der Waals surface area contributed by atoms with E-state index in [4.69, 9.17) is 9.84 Å². The van der Waals surface area contributed by atoms with Crippen LogP contribution in [0.1, 0.15) is 24.0 Å². The summed E-state index contributed by atoms with van der Waals surface area (Å²) in [7, 11) is 0. The number of carbonyl (C=O) groups excluding carboxylic acids is 1. The van der Waals surface area contributed by atoms with Gasteiger partial charge in [0.05, 0.1) is 11.4 Å². The van der Waals surface area contributed by atoms with Gasteiger partial charge in [-0.25, -0.2) is 4.79 Å². The maximum atomic E-state index is 12.8. The molecule has 1 aliphatic carbocycles. The van der Waals surface area contributed by atoms with Crippen LogP contribution in [0.15, 0.2) is 84.9 Å². The Morgan fingerprint density at radius 1 is 0.906 bits per heavy atom. The normalized spacial score (nSPS) is 13.4. The summed E-state index contributed by atoms with van der Waals surface area (Å²) >= 11 is 0. The van der Waals surface area contributed by atoms with Crippen LogP contribution in [-0.4, -0.2) is 23.6 Å². The summed E-state index contributed by atoms with van der Waals surface area (Å²) in [5.74, 6) is -0.538. The molecule has 0 spiro atoms. The Kier molecular flexibility index (Phi) is 6.51. The highest BCUT2D eigenvalue weighted by Crippen LogP contribution is 2.38. The molecule has 0 radical (unpaired) electrons. The highest BCUT2D eigenvalue weighted by Gasteiger charge is 2.21. The number of para-hydroxylation sites is 2. The van der Waals surface area contributed by atoms with E-state index >= 15 is 0 Å². The maximum Gasteiger partial charge on any atom is 0.341 e. The standard InChI is InChI=1S/C26H24N2O4/c29-25(27-28(20-8-3-1-4-9-20)21-10-5-2-6-11-21)17-15-19-14-16-23-22(19)12-7-13-24(23)32-18-26(30)31/h1-13,15H,14,16-18H2,(H,27,29)(H,30,31). The van der Waals surface area contributed by atoms with Gasteiger partial charge in [-0.1, -0.05) is 54.6 Å². The summed E-state index contributed by atoms with van der Waals surface area (Å²) in [6.07, 6.45) is 3.72. The van der Waals surface area contributed by atoms with Crippen LogP contribution in [-0.2, 0) is 16.0 Å². The molecule has 0 fully saturated rings. The van der Waals surface area contributed by atoms with E-state index in [2.05, 4.69) is 5.43 Å². The molecule has 32 heavy (non-hydrogen) atoms. The Labute approximate surface area is 186 Å². The zero-order valence-corrected chi connectivity index (χ0v) is 17.5. The van der Waals surface area contributed by atoms with Crippen LogP contribution < -0.4 is 15.2 Å². The Morgan fingerprint density at radius 2 is 1.56 bits per heavy atom. The summed E-state index contributed by atoms with van der Waals surface area (Å²) in [5.41, 5.74) is 7.82. The molecule has 0 unspecified atom stereocenters. The molecule has 3 aromatic carbocycles. The topological polar surface area (TPSA) is 78.9 Å². The molecule has 0 saturated carbocycles. The molecule has 2 N–H and O–H groups in total. The Morgan fingerprint density at radius 3 is 2.19 bits per heavy atom. The average Bonchev–Trinajstić information content (AvgIpc) is 3.24. The first-order valence-electron chi connectivity index (χ1n) is 10.5. The van der Waals surface area contributed by atoms with E-state index in [0.29, 0.717) is 5.75 Å². The van der Waals surface area contributed by atoms with Crippen LogP contribution in [0.25, 0.3) is 5.57 Å². The lowest BCUT2D eigenvalue weighted by atomic mass is 10.1. The number of amides is 1. The van der Waals surface area contributed by atoms with Crippen LogP contribution in [0.2, 0.25) is 0 Å². The molecule has 1 amide bonds. The van der Waals surface area contributed by atoms with Crippen molar-refractivity contribution >= 4 is 28.8 Å². The Bertz CT molecular complexity index is 1090. The number of carbonyl (C=O) groups is 2. The number of rotatable bonds is 8. The van der Waals surface area contributed by atoms with Gasteiger partial charge < -0.3 is 9.84 Å². The van der Waals surface area contributed by atoms with Crippen molar-refractivity contribution in [2.45, 2.75) is 19.3 Å². The van der Waals surface area contributed by atoms with Crippen molar-refractivity contribution in [3.05, 3.63) is 96.1 Å². The summed E-state index contributed by atoms with van der Waals surface area (Å²) < 4.78 is 5.42. The predicted molar refractivity (Wildman–Crippen MR) is 124 cm³/mol. The first kappa shape index (κ1) is 21.2. The lowest BCUT2D eigenvalue weighted by Gasteiger charge is -2.25. The Balaban J connectivity index is 1.48. The molecule has 0 aromatic heterocycles. The maximum absolute atomic E-state index is 12.8. The van der Waals surface area contributed by atoms with Gasteiger partial charge in [-0.3, -0.25) is 15.2 Å². The van der Waals surface area contributed by atoms with Gasteiger partial charge in [0.1, 0.15) is 5.75 Å². The summed E-state index contributed by atoms with van der Waals surface area (Å²) in [6.45, 7) is -0.368. The molecule has 6 nitrogen and oxygen atoms in total. The van der Waals surface area contributed by atoms with E-state index in [0.717, 1.165) is 40.9 Å². The van der Waals surface area contributed by atoms with Crippen molar-refractivity contribution in [3.63, 3.8) is 0 Å². The molecule has 0 aliphatic heterocycles. The molecular weight excluding hydrogens is 404 g/mol. The lowest BCUT2D eigenvalue weighted by molar-refractivity contribution is -0.139. The number of allylic oxidation sites excluding steroid dienone is 1. The number of fused-ring (bicyclic) bond motifs is 1. The van der Waals surface area contributed by atoms with Crippen molar-refractivity contribution in [1.29, 1.82) is 0 Å². The van der Waals surface area contributed by atoms with E-state index in [1.807, 2.05) is 78.9 Å². The van der Waals surface area contributed by atoms with Crippen molar-refractivity contribution < 1.29 is 19.4 Å². The van der Waals surface area contributed by atoms with E-state index < -0.39 is 5.97 Å². The quantitative estimate of drug-likeness (QED) is 0.507. The molecule has 1 aliphatic rings. The number of hydrazine groups is 1. The van der Waals surface area contributed by atoms with Gasteiger partial charge in [-0.05, 0) is 54.3 Å². The van der Waals surface area contributed by atoms with E-state index in [1.165, 1.54) is 0 Å². The fraction of sp³-hybridized carbons (Fsp3) is 0.154. The molecule has 4 rings (SSSR count). The minimum absolute atomic E-state index is 0.128. The number of anilines is 2. The minimum atomic E-state index is -1.01. The highest BCUT2D eigenvalue weighted by molar-refractivity contribution is 5.84. The predicted octanol–water partition coefficient (Wildman–Crippen LogP) is 4.74. The molecule has 0 atom stereocenters. The molecular formula is C26H24N2O4. The van der Waals surface area contributed by atoms with Gasteiger partial charge in [-0.15, -0.1) is 0 Å². The first-order chi connectivity index (χ1) is 15.6. The van der Waals surface area contributed by atoms with Gasteiger partial charge in [0.15, 0.2) is 6.61 Å². The molecule has 0 heterocycles. The zero-order chi connectivity index (χ0) is 22.3. The fourth-order valence-corrected chi connectivity index (χ4v) is 3.82. The van der Waals surface area contributed by atoms with Crippen molar-refractivity contribution in [3.8, 4) is 5.75 Å². The van der Waals surface area contributed by atoms with Gasteiger partial charge in [-0.2, -0.15) is 0 Å². The third-order valence-electron chi connectivity index (χ3n) is 5.27. The summed E-state index contributed by atoms with van der Waals surface area (Å²) in [6, 6.07) is 25.0. The number of nitrogens with zero attached hydrogens (tertiary/aromatic N) is 1. The second-order valence-corrected chi connectivity index (χ2v) is 7.44. The largest absolute Gasteiger partial charge is 0.482 e. The minimum Gasteiger partial charge on any atom is -0.482 e. The van der Waals surface area contributed by atoms with Gasteiger partial charge in [0.25, 0.3) is 0 Å². The highest BCUT2D eigenvalue weighted by atomic mass is 16.5. The number of carboxylic acids is 1. The second-order valence-electron chi connectivity index (χ2n) is 7.44. The zero-order valence-electron chi connectivity index (χ0n) is 17.5. The van der Waals surface area contributed by atoms with Crippen LogP contribution in [0.5, 0.6) is 5.75 Å². The SMILES string of the molecule is O=C(O)COc1cccc2c1CCC2=CCC(=O)NN(c1ccccc1)c1ccccc1. The molecule has 0 bridgehead atoms. The van der Waals surface area contributed by atoms with Crippen molar-refractivity contribution in [2.24, 2.45) is 0 Å². The molecule has 162 valence electrons. The van der Waals surface area contributed by atoms with Crippen molar-refractivity contribution in [1.82, 2.24) is 5.43 Å².